The summed E-state index contributed by atoms with van der Waals surface area (Å²) in [6.07, 6.45) is 1.54. The Morgan fingerprint density at radius 2 is 1.97 bits per heavy atom. The number of carbonyl (C=O) groups is 1. The van der Waals surface area contributed by atoms with Crippen molar-refractivity contribution in [3.8, 4) is 5.75 Å². The van der Waals surface area contributed by atoms with Crippen molar-refractivity contribution in [1.29, 1.82) is 0 Å². The lowest BCUT2D eigenvalue weighted by Crippen LogP contribution is -2.22. The van der Waals surface area contributed by atoms with E-state index in [9.17, 15) is 9.90 Å². The first-order chi connectivity index (χ1) is 15.9. The van der Waals surface area contributed by atoms with Gasteiger partial charge in [-0.2, -0.15) is 0 Å². The molecule has 2 heterocycles. The molecule has 0 fully saturated rings. The molecule has 0 radical (unpaired) electrons. The van der Waals surface area contributed by atoms with Gasteiger partial charge in [-0.25, -0.2) is 4.99 Å². The van der Waals surface area contributed by atoms with Crippen LogP contribution in [0.3, 0.4) is 0 Å². The smallest absolute Gasteiger partial charge is 0.261 e. The molecule has 0 unspecified atom stereocenters. The lowest BCUT2D eigenvalue weighted by molar-refractivity contribution is 0.102. The zero-order chi connectivity index (χ0) is 23.5. The summed E-state index contributed by atoms with van der Waals surface area (Å²) in [5.74, 6) is 0.0147. The fourth-order valence-corrected chi connectivity index (χ4v) is 3.69. The van der Waals surface area contributed by atoms with E-state index in [1.165, 1.54) is 7.11 Å². The zero-order valence-electron chi connectivity index (χ0n) is 17.7. The van der Waals surface area contributed by atoms with Crippen molar-refractivity contribution in [3.05, 3.63) is 87.1 Å². The van der Waals surface area contributed by atoms with Crippen molar-refractivity contribution >= 4 is 51.5 Å². The maximum Gasteiger partial charge on any atom is 0.261 e. The van der Waals surface area contributed by atoms with Crippen LogP contribution in [0.5, 0.6) is 5.75 Å². The largest absolute Gasteiger partial charge is 0.495 e. The highest BCUT2D eigenvalue weighted by atomic mass is 35.5. The third-order valence-corrected chi connectivity index (χ3v) is 5.58. The van der Waals surface area contributed by atoms with E-state index >= 15 is 0 Å². The van der Waals surface area contributed by atoms with Crippen LogP contribution in [0.1, 0.15) is 21.6 Å². The molecule has 0 saturated carbocycles. The Morgan fingerprint density at radius 3 is 2.67 bits per heavy atom. The average Bonchev–Trinajstić information content (AvgIpc) is 2.81. The van der Waals surface area contributed by atoms with Gasteiger partial charge in [0.05, 0.1) is 40.8 Å². The summed E-state index contributed by atoms with van der Waals surface area (Å²) in [5, 5.41) is 13.9. The summed E-state index contributed by atoms with van der Waals surface area (Å²) in [6, 6.07) is 13.5. The first-order valence-corrected chi connectivity index (χ1v) is 10.6. The minimum absolute atomic E-state index is 0.0493. The molecule has 0 aliphatic heterocycles. The predicted octanol–water partition coefficient (Wildman–Crippen LogP) is 5.43. The lowest BCUT2D eigenvalue weighted by Gasteiger charge is -2.10. The molecule has 9 heteroatoms. The number of hydrogen-bond donors (Lipinski definition) is 2. The fraction of sp³-hybridized carbons (Fsp3) is 0.125. The number of rotatable bonds is 5. The molecule has 1 amide bonds. The molecule has 4 rings (SSSR count). The molecular formula is C24H19Cl2N3O4. The first-order valence-electron chi connectivity index (χ1n) is 9.88. The maximum atomic E-state index is 13.3. The number of hydrogen-bond acceptors (Lipinski definition) is 6. The number of nitrogens with zero attached hydrogens (tertiary/aromatic N) is 2. The van der Waals surface area contributed by atoms with E-state index in [-0.39, 0.29) is 17.7 Å². The molecule has 7 nitrogen and oxygen atoms in total. The molecule has 0 aliphatic carbocycles. The van der Waals surface area contributed by atoms with Gasteiger partial charge in [-0.05, 0) is 43.3 Å². The third-order valence-electron chi connectivity index (χ3n) is 4.95. The van der Waals surface area contributed by atoms with Crippen LogP contribution in [0.4, 0.5) is 11.4 Å². The number of amides is 1. The molecule has 0 atom stereocenters. The molecule has 2 N–H and O–H groups in total. The molecule has 2 aromatic heterocycles. The van der Waals surface area contributed by atoms with E-state index in [4.69, 9.17) is 32.4 Å². The van der Waals surface area contributed by atoms with Gasteiger partial charge in [-0.1, -0.05) is 35.3 Å². The monoisotopic (exact) mass is 483 g/mol. The number of aromatic nitrogens is 1. The van der Waals surface area contributed by atoms with Crippen LogP contribution < -0.4 is 15.6 Å². The van der Waals surface area contributed by atoms with Crippen molar-refractivity contribution in [1.82, 2.24) is 4.98 Å². The highest BCUT2D eigenvalue weighted by Gasteiger charge is 2.17. The van der Waals surface area contributed by atoms with Gasteiger partial charge in [-0.15, -0.1) is 0 Å². The number of nitrogens with one attached hydrogen (secondary N) is 1. The number of fused-ring (bicyclic) bond motifs is 1. The van der Waals surface area contributed by atoms with Gasteiger partial charge >= 0.3 is 0 Å². The minimum atomic E-state index is -0.481. The van der Waals surface area contributed by atoms with Gasteiger partial charge in [0.2, 0.25) is 5.55 Å². The van der Waals surface area contributed by atoms with Crippen molar-refractivity contribution in [2.24, 2.45) is 4.99 Å². The summed E-state index contributed by atoms with van der Waals surface area (Å²) in [4.78, 5) is 22.0. The van der Waals surface area contributed by atoms with Crippen LogP contribution in [0.2, 0.25) is 10.0 Å². The minimum Gasteiger partial charge on any atom is -0.495 e. The van der Waals surface area contributed by atoms with Gasteiger partial charge in [-0.3, -0.25) is 9.78 Å². The molecule has 168 valence electrons. The Hall–Kier alpha value is -3.39. The first kappa shape index (κ1) is 22.8. The number of pyridine rings is 1. The van der Waals surface area contributed by atoms with Gasteiger partial charge in [0.15, 0.2) is 5.58 Å². The number of carbonyl (C=O) groups excluding carboxylic acids is 1. The number of anilines is 1. The second-order valence-electron chi connectivity index (χ2n) is 7.10. The quantitative estimate of drug-likeness (QED) is 0.394. The Kier molecular flexibility index (Phi) is 6.65. The van der Waals surface area contributed by atoms with Gasteiger partial charge in [0.1, 0.15) is 11.3 Å². The Morgan fingerprint density at radius 1 is 1.18 bits per heavy atom. The van der Waals surface area contributed by atoms with E-state index in [2.05, 4.69) is 15.3 Å². The van der Waals surface area contributed by atoms with Gasteiger partial charge < -0.3 is 19.6 Å². The molecule has 0 saturated heterocycles. The van der Waals surface area contributed by atoms with Crippen LogP contribution in [-0.4, -0.2) is 23.1 Å². The number of aliphatic hydroxyl groups excluding tert-OH is 1. The zero-order valence-corrected chi connectivity index (χ0v) is 19.2. The van der Waals surface area contributed by atoms with Crippen molar-refractivity contribution in [3.63, 3.8) is 0 Å². The number of halogens is 2. The molecule has 33 heavy (non-hydrogen) atoms. The van der Waals surface area contributed by atoms with E-state index < -0.39 is 5.91 Å². The molecule has 0 bridgehead atoms. The normalized spacial score (nSPS) is 11.6. The molecule has 0 aliphatic rings. The number of ether oxygens (including phenoxy) is 1. The number of benzene rings is 2. The van der Waals surface area contributed by atoms with Crippen LogP contribution >= 0.6 is 23.2 Å². The maximum absolute atomic E-state index is 13.3. The van der Waals surface area contributed by atoms with E-state index in [0.29, 0.717) is 49.4 Å². The number of aryl methyl sites for hydroxylation is 1. The Labute approximate surface area is 199 Å². The van der Waals surface area contributed by atoms with Crippen molar-refractivity contribution in [2.75, 3.05) is 12.4 Å². The van der Waals surface area contributed by atoms with Crippen molar-refractivity contribution in [2.45, 2.75) is 13.5 Å². The summed E-state index contributed by atoms with van der Waals surface area (Å²) in [6.45, 7) is 1.50. The van der Waals surface area contributed by atoms with Crippen LogP contribution in [-0.2, 0) is 6.61 Å². The van der Waals surface area contributed by atoms with Crippen LogP contribution in [0.15, 0.2) is 64.1 Å². The third kappa shape index (κ3) is 4.71. The van der Waals surface area contributed by atoms with Crippen LogP contribution in [0, 0.1) is 6.92 Å². The summed E-state index contributed by atoms with van der Waals surface area (Å²) in [5.41, 5.74) is 2.61. The van der Waals surface area contributed by atoms with E-state index in [1.54, 1.807) is 61.7 Å². The average molecular weight is 484 g/mol. The molecular weight excluding hydrogens is 465 g/mol. The molecule has 0 spiro atoms. The number of para-hydroxylation sites is 1. The van der Waals surface area contributed by atoms with Gasteiger partial charge in [0, 0.05) is 17.1 Å². The lowest BCUT2D eigenvalue weighted by atomic mass is 10.1. The second kappa shape index (κ2) is 9.62. The van der Waals surface area contributed by atoms with Crippen molar-refractivity contribution < 1.29 is 19.1 Å². The van der Waals surface area contributed by atoms with E-state index in [1.807, 2.05) is 0 Å². The predicted molar refractivity (Wildman–Crippen MR) is 127 cm³/mol. The Bertz CT molecular complexity index is 1430. The SMILES string of the molecule is COc1ccc(N=c2oc3c(C)ncc(CO)c3cc2C(=O)Nc2ccccc2Cl)cc1Cl. The van der Waals surface area contributed by atoms with Gasteiger partial charge in [0.25, 0.3) is 5.91 Å². The highest BCUT2D eigenvalue weighted by Crippen LogP contribution is 2.29. The highest BCUT2D eigenvalue weighted by molar-refractivity contribution is 6.34. The van der Waals surface area contributed by atoms with E-state index in [0.717, 1.165) is 0 Å². The standard InChI is InChI=1S/C24H19Cl2N3O4/c1-13-22-16(14(12-30)11-27-13)10-17(23(31)29-20-6-4-3-5-18(20)25)24(33-22)28-15-7-8-21(32-2)19(26)9-15/h3-11,30H,12H2,1-2H3,(H,29,31). The molecule has 4 aromatic rings. The fourth-order valence-electron chi connectivity index (χ4n) is 3.25. The summed E-state index contributed by atoms with van der Waals surface area (Å²) < 4.78 is 11.2. The topological polar surface area (TPSA) is 97.0 Å². The van der Waals surface area contributed by atoms with Crippen LogP contribution in [0.25, 0.3) is 11.0 Å². The Balaban J connectivity index is 1.93. The summed E-state index contributed by atoms with van der Waals surface area (Å²) in [7, 11) is 1.52. The second-order valence-corrected chi connectivity index (χ2v) is 7.91. The molecule has 2 aromatic carbocycles. The summed E-state index contributed by atoms with van der Waals surface area (Å²) >= 11 is 12.4. The number of aliphatic hydroxyl groups is 1. The number of methoxy groups -OCH3 is 1.